The van der Waals surface area contributed by atoms with Gasteiger partial charge >= 0.3 is 0 Å². The van der Waals surface area contributed by atoms with E-state index in [-0.39, 0.29) is 6.17 Å². The maximum atomic E-state index is 4.18. The van der Waals surface area contributed by atoms with Crippen LogP contribution in [-0.2, 0) is 0 Å². The van der Waals surface area contributed by atoms with E-state index in [1.165, 1.54) is 5.57 Å². The van der Waals surface area contributed by atoms with Crippen LogP contribution in [0.1, 0.15) is 13.8 Å². The van der Waals surface area contributed by atoms with Crippen molar-refractivity contribution >= 4 is 6.34 Å². The third kappa shape index (κ3) is 1.57. The molecule has 0 saturated carbocycles. The summed E-state index contributed by atoms with van der Waals surface area (Å²) in [5, 5.41) is 6.16. The van der Waals surface area contributed by atoms with Crippen LogP contribution < -0.4 is 10.6 Å². The van der Waals surface area contributed by atoms with Crippen LogP contribution in [0.5, 0.6) is 0 Å². The smallest absolute Gasteiger partial charge is 0.124 e. The van der Waals surface area contributed by atoms with E-state index in [4.69, 9.17) is 0 Å². The summed E-state index contributed by atoms with van der Waals surface area (Å²) in [6, 6.07) is 0. The van der Waals surface area contributed by atoms with Gasteiger partial charge < -0.3 is 5.32 Å². The Hall–Kier alpha value is -0.830. The molecular formula is C7H13N3. The van der Waals surface area contributed by atoms with Crippen molar-refractivity contribution in [3.63, 3.8) is 0 Å². The molecule has 0 aliphatic carbocycles. The zero-order valence-corrected chi connectivity index (χ0v) is 6.39. The molecule has 3 heteroatoms. The lowest BCUT2D eigenvalue weighted by Crippen LogP contribution is -2.32. The van der Waals surface area contributed by atoms with Crippen molar-refractivity contribution in [3.05, 3.63) is 11.8 Å². The van der Waals surface area contributed by atoms with Gasteiger partial charge in [0, 0.05) is 6.20 Å². The SMILES string of the molecule is CCNC1N=CNC=C1C. The summed E-state index contributed by atoms with van der Waals surface area (Å²) in [4.78, 5) is 4.18. The summed E-state index contributed by atoms with van der Waals surface area (Å²) in [6.07, 6.45) is 3.85. The Balaban J connectivity index is 2.48. The van der Waals surface area contributed by atoms with Crippen LogP contribution in [0.25, 0.3) is 0 Å². The van der Waals surface area contributed by atoms with E-state index in [0.29, 0.717) is 0 Å². The van der Waals surface area contributed by atoms with Crippen molar-refractivity contribution in [1.29, 1.82) is 0 Å². The van der Waals surface area contributed by atoms with Crippen LogP contribution in [0.3, 0.4) is 0 Å². The van der Waals surface area contributed by atoms with Crippen LogP contribution in [0.4, 0.5) is 0 Å². The summed E-state index contributed by atoms with van der Waals surface area (Å²) in [6.45, 7) is 5.08. The molecule has 0 amide bonds. The Bertz CT molecular complexity index is 160. The second-order valence-corrected chi connectivity index (χ2v) is 2.29. The monoisotopic (exact) mass is 139 g/mol. The first-order valence-corrected chi connectivity index (χ1v) is 3.52. The van der Waals surface area contributed by atoms with E-state index in [9.17, 15) is 0 Å². The van der Waals surface area contributed by atoms with E-state index in [0.717, 1.165) is 6.54 Å². The summed E-state index contributed by atoms with van der Waals surface area (Å²) < 4.78 is 0. The second-order valence-electron chi connectivity index (χ2n) is 2.29. The van der Waals surface area contributed by atoms with Crippen LogP contribution in [-0.4, -0.2) is 19.0 Å². The van der Waals surface area contributed by atoms with Gasteiger partial charge in [-0.3, -0.25) is 10.3 Å². The van der Waals surface area contributed by atoms with Crippen molar-refractivity contribution in [1.82, 2.24) is 10.6 Å². The van der Waals surface area contributed by atoms with Crippen LogP contribution in [0.15, 0.2) is 16.8 Å². The second kappa shape index (κ2) is 3.37. The predicted octanol–water partition coefficient (Wildman–Crippen LogP) is 0.457. The number of rotatable bonds is 2. The van der Waals surface area contributed by atoms with Gasteiger partial charge in [-0.15, -0.1) is 0 Å². The first-order valence-electron chi connectivity index (χ1n) is 3.52. The third-order valence-corrected chi connectivity index (χ3v) is 1.44. The largest absolute Gasteiger partial charge is 0.353 e. The molecule has 0 fully saturated rings. The highest BCUT2D eigenvalue weighted by atomic mass is 15.1. The van der Waals surface area contributed by atoms with Crippen LogP contribution in [0.2, 0.25) is 0 Å². The van der Waals surface area contributed by atoms with Crippen molar-refractivity contribution < 1.29 is 0 Å². The molecule has 0 bridgehead atoms. The fourth-order valence-electron chi connectivity index (χ4n) is 0.890. The van der Waals surface area contributed by atoms with E-state index in [1.807, 2.05) is 6.20 Å². The molecule has 2 N–H and O–H groups in total. The highest BCUT2D eigenvalue weighted by Crippen LogP contribution is 2.02. The number of likely N-dealkylation sites (N-methyl/N-ethyl adjacent to an activating group) is 1. The first kappa shape index (κ1) is 7.28. The molecule has 0 aromatic rings. The molecule has 0 saturated heterocycles. The summed E-state index contributed by atoms with van der Waals surface area (Å²) in [5.74, 6) is 0. The maximum absolute atomic E-state index is 4.18. The fourth-order valence-corrected chi connectivity index (χ4v) is 0.890. The molecule has 0 spiro atoms. The molecule has 0 aromatic carbocycles. The lowest BCUT2D eigenvalue weighted by molar-refractivity contribution is 0.604. The average molecular weight is 139 g/mol. The van der Waals surface area contributed by atoms with Gasteiger partial charge in [0.25, 0.3) is 0 Å². The Kier molecular flexibility index (Phi) is 2.45. The quantitative estimate of drug-likeness (QED) is 0.583. The molecule has 1 heterocycles. The molecular weight excluding hydrogens is 126 g/mol. The number of aliphatic imine (C=N–C) groups is 1. The van der Waals surface area contributed by atoms with E-state index in [2.05, 4.69) is 29.5 Å². The number of nitrogens with one attached hydrogen (secondary N) is 2. The zero-order valence-electron chi connectivity index (χ0n) is 6.39. The standard InChI is InChI=1S/C7H13N3/c1-3-9-7-6(2)4-8-5-10-7/h4-5,7,9H,3H2,1-2H3,(H,8,10). The molecule has 1 atom stereocenters. The van der Waals surface area contributed by atoms with Crippen molar-refractivity contribution in [2.75, 3.05) is 6.54 Å². The molecule has 0 aromatic heterocycles. The van der Waals surface area contributed by atoms with Crippen molar-refractivity contribution in [3.8, 4) is 0 Å². The molecule has 56 valence electrons. The highest BCUT2D eigenvalue weighted by molar-refractivity contribution is 5.58. The number of nitrogens with zero attached hydrogens (tertiary/aromatic N) is 1. The van der Waals surface area contributed by atoms with Gasteiger partial charge in [-0.05, 0) is 19.0 Å². The average Bonchev–Trinajstić information content (AvgIpc) is 1.94. The zero-order chi connectivity index (χ0) is 7.40. The molecule has 1 rings (SSSR count). The van der Waals surface area contributed by atoms with Gasteiger partial charge in [-0.2, -0.15) is 0 Å². The minimum absolute atomic E-state index is 0.186. The molecule has 3 nitrogen and oxygen atoms in total. The molecule has 0 radical (unpaired) electrons. The van der Waals surface area contributed by atoms with E-state index >= 15 is 0 Å². The molecule has 1 aliphatic heterocycles. The Morgan fingerprint density at radius 2 is 2.60 bits per heavy atom. The third-order valence-electron chi connectivity index (χ3n) is 1.44. The van der Waals surface area contributed by atoms with E-state index < -0.39 is 0 Å². The van der Waals surface area contributed by atoms with Gasteiger partial charge in [0.05, 0.1) is 6.34 Å². The maximum Gasteiger partial charge on any atom is 0.124 e. The molecule has 10 heavy (non-hydrogen) atoms. The first-order chi connectivity index (χ1) is 4.84. The molecule has 1 unspecified atom stereocenters. The minimum Gasteiger partial charge on any atom is -0.353 e. The summed E-state index contributed by atoms with van der Waals surface area (Å²) in [7, 11) is 0. The van der Waals surface area contributed by atoms with Crippen molar-refractivity contribution in [2.45, 2.75) is 20.0 Å². The fraction of sp³-hybridized carbons (Fsp3) is 0.571. The van der Waals surface area contributed by atoms with Gasteiger partial charge in [-0.25, -0.2) is 0 Å². The number of hydrogen-bond donors (Lipinski definition) is 2. The number of hydrogen-bond acceptors (Lipinski definition) is 3. The van der Waals surface area contributed by atoms with Crippen LogP contribution >= 0.6 is 0 Å². The highest BCUT2D eigenvalue weighted by Gasteiger charge is 2.07. The van der Waals surface area contributed by atoms with Gasteiger partial charge in [0.2, 0.25) is 0 Å². The Morgan fingerprint density at radius 1 is 1.80 bits per heavy atom. The predicted molar refractivity (Wildman–Crippen MR) is 42.8 cm³/mol. The molecule has 1 aliphatic rings. The Morgan fingerprint density at radius 3 is 3.20 bits per heavy atom. The normalized spacial score (nSPS) is 23.8. The van der Waals surface area contributed by atoms with Crippen molar-refractivity contribution in [2.24, 2.45) is 4.99 Å². The summed E-state index contributed by atoms with van der Waals surface area (Å²) >= 11 is 0. The topological polar surface area (TPSA) is 36.4 Å². The minimum atomic E-state index is 0.186. The van der Waals surface area contributed by atoms with Crippen LogP contribution in [0, 0.1) is 0 Å². The van der Waals surface area contributed by atoms with Gasteiger partial charge in [0.15, 0.2) is 0 Å². The lowest BCUT2D eigenvalue weighted by atomic mass is 10.2. The Labute approximate surface area is 61.2 Å². The van der Waals surface area contributed by atoms with Gasteiger partial charge in [-0.1, -0.05) is 6.92 Å². The van der Waals surface area contributed by atoms with E-state index in [1.54, 1.807) is 6.34 Å². The summed E-state index contributed by atoms with van der Waals surface area (Å²) in [5.41, 5.74) is 1.23. The van der Waals surface area contributed by atoms with Gasteiger partial charge in [0.1, 0.15) is 6.17 Å². The lowest BCUT2D eigenvalue weighted by Gasteiger charge is -2.16.